The smallest absolute Gasteiger partial charge is 0.414 e. The van der Waals surface area contributed by atoms with Crippen molar-refractivity contribution in [1.82, 2.24) is 9.97 Å². The van der Waals surface area contributed by atoms with Gasteiger partial charge in [-0.1, -0.05) is 0 Å². The molecule has 0 aliphatic carbocycles. The minimum Gasteiger partial charge on any atom is -0.489 e. The molecule has 31 heavy (non-hydrogen) atoms. The van der Waals surface area contributed by atoms with Crippen LogP contribution in [-0.2, 0) is 20.7 Å². The van der Waals surface area contributed by atoms with Crippen molar-refractivity contribution >= 4 is 35.0 Å². The van der Waals surface area contributed by atoms with Crippen molar-refractivity contribution in [2.75, 3.05) is 42.9 Å². The lowest BCUT2D eigenvalue weighted by Crippen LogP contribution is -2.34. The van der Waals surface area contributed by atoms with E-state index in [0.717, 1.165) is 0 Å². The van der Waals surface area contributed by atoms with E-state index in [2.05, 4.69) is 9.97 Å². The molecule has 1 aliphatic rings. The van der Waals surface area contributed by atoms with Crippen LogP contribution in [0.25, 0.3) is 0 Å². The number of methoxy groups -OCH3 is 1. The predicted molar refractivity (Wildman–Crippen MR) is 116 cm³/mol. The molecule has 0 saturated heterocycles. The summed E-state index contributed by atoms with van der Waals surface area (Å²) < 4.78 is 16.3. The highest BCUT2D eigenvalue weighted by Crippen LogP contribution is 2.39. The molecule has 0 saturated carbocycles. The molecule has 0 radical (unpaired) electrons. The minimum absolute atomic E-state index is 0.103. The number of nitrogens with zero attached hydrogens (tertiary/aromatic N) is 4. The maximum Gasteiger partial charge on any atom is 0.414 e. The largest absolute Gasteiger partial charge is 0.489 e. The minimum atomic E-state index is -0.668. The van der Waals surface area contributed by atoms with Crippen molar-refractivity contribution in [2.45, 2.75) is 32.8 Å². The van der Waals surface area contributed by atoms with Crippen molar-refractivity contribution in [3.05, 3.63) is 30.1 Å². The van der Waals surface area contributed by atoms with E-state index in [1.165, 1.54) is 16.1 Å². The first kappa shape index (κ1) is 22.3. The standard InChI is InChI=1S/C21H27N5O5/c1-21(2,3)31-20(28)25(4)15-10-13(6-7-16(15)30-9-8-29-5)26-17(27)11-14-18(22)23-12-24-19(14)26/h6-7,10,12H,8-9,11H2,1-5H3,(H2,22,23,24). The van der Waals surface area contributed by atoms with Crippen molar-refractivity contribution in [3.63, 3.8) is 0 Å². The van der Waals surface area contributed by atoms with E-state index in [9.17, 15) is 9.59 Å². The average molecular weight is 429 g/mol. The summed E-state index contributed by atoms with van der Waals surface area (Å²) in [5.74, 6) is 0.951. The molecule has 166 valence electrons. The van der Waals surface area contributed by atoms with Gasteiger partial charge in [0.1, 0.15) is 35.9 Å². The quantitative estimate of drug-likeness (QED) is 0.696. The molecule has 0 spiro atoms. The first-order valence-electron chi connectivity index (χ1n) is 9.77. The highest BCUT2D eigenvalue weighted by Gasteiger charge is 2.33. The van der Waals surface area contributed by atoms with E-state index in [-0.39, 0.29) is 18.1 Å². The fourth-order valence-electron chi connectivity index (χ4n) is 3.09. The number of hydrogen-bond donors (Lipinski definition) is 1. The Hall–Kier alpha value is -3.40. The number of fused-ring (bicyclic) bond motifs is 1. The topological polar surface area (TPSA) is 120 Å². The van der Waals surface area contributed by atoms with E-state index >= 15 is 0 Å². The Balaban J connectivity index is 2.00. The maximum atomic E-state index is 12.7. The number of benzene rings is 1. The Morgan fingerprint density at radius 2 is 2.00 bits per heavy atom. The number of nitrogens with two attached hydrogens (primary N) is 1. The maximum absolute atomic E-state index is 12.7. The molecule has 1 aromatic carbocycles. The van der Waals surface area contributed by atoms with Gasteiger partial charge < -0.3 is 19.9 Å². The zero-order valence-corrected chi connectivity index (χ0v) is 18.3. The fourth-order valence-corrected chi connectivity index (χ4v) is 3.09. The number of anilines is 4. The number of carbonyl (C=O) groups is 2. The molecular formula is C21H27N5O5. The van der Waals surface area contributed by atoms with Crippen molar-refractivity contribution < 1.29 is 23.8 Å². The van der Waals surface area contributed by atoms with E-state index < -0.39 is 11.7 Å². The summed E-state index contributed by atoms with van der Waals surface area (Å²) in [6.45, 7) is 6.03. The molecule has 0 unspecified atom stereocenters. The van der Waals surface area contributed by atoms with E-state index in [1.54, 1.807) is 53.1 Å². The van der Waals surface area contributed by atoms with Crippen molar-refractivity contribution in [2.24, 2.45) is 0 Å². The molecule has 10 heteroatoms. The predicted octanol–water partition coefficient (Wildman–Crippen LogP) is 2.68. The summed E-state index contributed by atoms with van der Waals surface area (Å²) in [7, 11) is 3.15. The van der Waals surface area contributed by atoms with E-state index in [4.69, 9.17) is 19.9 Å². The summed E-state index contributed by atoms with van der Waals surface area (Å²) in [5.41, 5.74) is 6.78. The molecule has 1 aromatic heterocycles. The Kier molecular flexibility index (Phi) is 6.30. The molecule has 2 N–H and O–H groups in total. The van der Waals surface area contributed by atoms with Crippen molar-refractivity contribution in [1.29, 1.82) is 0 Å². The van der Waals surface area contributed by atoms with Gasteiger partial charge in [0.25, 0.3) is 0 Å². The second-order valence-electron chi connectivity index (χ2n) is 8.00. The average Bonchev–Trinajstić information content (AvgIpc) is 3.04. The molecule has 2 heterocycles. The summed E-state index contributed by atoms with van der Waals surface area (Å²) in [5, 5.41) is 0. The lowest BCUT2D eigenvalue weighted by atomic mass is 10.2. The first-order chi connectivity index (χ1) is 14.6. The second kappa shape index (κ2) is 8.76. The van der Waals surface area contributed by atoms with Crippen LogP contribution in [0.15, 0.2) is 24.5 Å². The van der Waals surface area contributed by atoms with Crippen LogP contribution in [0, 0.1) is 0 Å². The highest BCUT2D eigenvalue weighted by molar-refractivity contribution is 6.08. The van der Waals surface area contributed by atoms with Crippen LogP contribution in [0.1, 0.15) is 26.3 Å². The lowest BCUT2D eigenvalue weighted by Gasteiger charge is -2.27. The van der Waals surface area contributed by atoms with Gasteiger partial charge in [-0.25, -0.2) is 14.8 Å². The van der Waals surface area contributed by atoms with Gasteiger partial charge in [0.2, 0.25) is 5.91 Å². The zero-order valence-electron chi connectivity index (χ0n) is 18.3. The zero-order chi connectivity index (χ0) is 22.8. The van der Waals surface area contributed by atoms with Gasteiger partial charge in [0.15, 0.2) is 0 Å². The molecule has 0 bridgehead atoms. The van der Waals surface area contributed by atoms with Crippen LogP contribution in [0.4, 0.5) is 27.8 Å². The van der Waals surface area contributed by atoms with Crippen LogP contribution in [0.5, 0.6) is 5.75 Å². The number of rotatable bonds is 6. The molecule has 3 rings (SSSR count). The van der Waals surface area contributed by atoms with Gasteiger partial charge in [-0.05, 0) is 39.0 Å². The fraction of sp³-hybridized carbons (Fsp3) is 0.429. The van der Waals surface area contributed by atoms with Gasteiger partial charge in [-0.2, -0.15) is 0 Å². The molecule has 10 nitrogen and oxygen atoms in total. The summed E-state index contributed by atoms with van der Waals surface area (Å²) in [6, 6.07) is 5.09. The third-order valence-electron chi connectivity index (χ3n) is 4.52. The number of amides is 2. The van der Waals surface area contributed by atoms with Crippen LogP contribution in [0.3, 0.4) is 0 Å². The third-order valence-corrected chi connectivity index (χ3v) is 4.52. The van der Waals surface area contributed by atoms with E-state index in [1.807, 2.05) is 0 Å². The number of carbonyl (C=O) groups excluding carboxylic acids is 2. The van der Waals surface area contributed by atoms with Gasteiger partial charge in [0, 0.05) is 19.7 Å². The number of ether oxygens (including phenoxy) is 3. The van der Waals surface area contributed by atoms with Crippen molar-refractivity contribution in [3.8, 4) is 5.75 Å². The summed E-state index contributed by atoms with van der Waals surface area (Å²) in [6.07, 6.45) is 0.863. The second-order valence-corrected chi connectivity index (χ2v) is 8.00. The van der Waals surface area contributed by atoms with Gasteiger partial charge in [0.05, 0.1) is 24.4 Å². The Bertz CT molecular complexity index is 989. The van der Waals surface area contributed by atoms with Gasteiger partial charge in [-0.15, -0.1) is 0 Å². The number of nitrogen functional groups attached to an aromatic ring is 1. The van der Waals surface area contributed by atoms with Crippen LogP contribution in [-0.4, -0.2) is 54.9 Å². The molecule has 0 fully saturated rings. The Labute approximate surface area is 180 Å². The van der Waals surface area contributed by atoms with E-state index in [0.29, 0.717) is 41.7 Å². The Morgan fingerprint density at radius 3 is 2.68 bits per heavy atom. The molecule has 2 amide bonds. The lowest BCUT2D eigenvalue weighted by molar-refractivity contribution is -0.116. The molecule has 1 aliphatic heterocycles. The van der Waals surface area contributed by atoms with Gasteiger partial charge in [-0.3, -0.25) is 14.6 Å². The highest BCUT2D eigenvalue weighted by atomic mass is 16.6. The molecule has 2 aromatic rings. The van der Waals surface area contributed by atoms with Crippen LogP contribution >= 0.6 is 0 Å². The SMILES string of the molecule is COCCOc1ccc(N2C(=O)Cc3c(N)ncnc32)cc1N(C)C(=O)OC(C)(C)C. The monoisotopic (exact) mass is 429 g/mol. The van der Waals surface area contributed by atoms with Gasteiger partial charge >= 0.3 is 6.09 Å². The third kappa shape index (κ3) is 4.85. The number of hydrogen-bond acceptors (Lipinski definition) is 8. The number of aromatic nitrogens is 2. The molecule has 0 atom stereocenters. The van der Waals surface area contributed by atoms with Crippen LogP contribution in [0.2, 0.25) is 0 Å². The Morgan fingerprint density at radius 1 is 1.26 bits per heavy atom. The molecular weight excluding hydrogens is 402 g/mol. The van der Waals surface area contributed by atoms with Crippen LogP contribution < -0.4 is 20.3 Å². The normalized spacial score (nSPS) is 13.2. The summed E-state index contributed by atoms with van der Waals surface area (Å²) in [4.78, 5) is 36.4. The summed E-state index contributed by atoms with van der Waals surface area (Å²) >= 11 is 0. The first-order valence-corrected chi connectivity index (χ1v) is 9.77.